The van der Waals surface area contributed by atoms with E-state index in [4.69, 9.17) is 4.74 Å². The van der Waals surface area contributed by atoms with Crippen molar-refractivity contribution in [3.63, 3.8) is 0 Å². The fraction of sp³-hybridized carbons (Fsp3) is 0.550. The van der Waals surface area contributed by atoms with Gasteiger partial charge in [0.05, 0.1) is 18.6 Å². The van der Waals surface area contributed by atoms with Gasteiger partial charge in [0.2, 0.25) is 5.91 Å². The van der Waals surface area contributed by atoms with Crippen LogP contribution >= 0.6 is 0 Å². The summed E-state index contributed by atoms with van der Waals surface area (Å²) in [6, 6.07) is 6.07. The Hall–Kier alpha value is -3.89. The van der Waals surface area contributed by atoms with Crippen LogP contribution in [-0.2, 0) is 27.2 Å². The Bertz CT molecular complexity index is 1800. The quantitative estimate of drug-likeness (QED) is 0.278. The Morgan fingerprint density at radius 1 is 1.00 bits per heavy atom. The highest BCUT2D eigenvalue weighted by Crippen LogP contribution is 2.43. The second kappa shape index (κ2) is 15.6. The molecule has 2 atom stereocenters. The number of aryl methyl sites for hydroxylation is 4. The first kappa shape index (κ1) is 35.9. The van der Waals surface area contributed by atoms with Gasteiger partial charge in [-0.3, -0.25) is 19.1 Å². The van der Waals surface area contributed by atoms with Gasteiger partial charge in [0.25, 0.3) is 0 Å². The molecule has 50 heavy (non-hydrogen) atoms. The second-order valence-electron chi connectivity index (χ2n) is 14.7. The van der Waals surface area contributed by atoms with E-state index in [1.54, 1.807) is 26.3 Å². The summed E-state index contributed by atoms with van der Waals surface area (Å²) in [4.78, 5) is 46.4. The number of aliphatic carboxylic acids is 1. The van der Waals surface area contributed by atoms with Crippen LogP contribution in [0.4, 0.5) is 4.39 Å². The summed E-state index contributed by atoms with van der Waals surface area (Å²) in [7, 11) is 1.71. The third-order valence-corrected chi connectivity index (χ3v) is 10.9. The first-order valence-corrected chi connectivity index (χ1v) is 18.3. The van der Waals surface area contributed by atoms with E-state index in [1.165, 1.54) is 28.5 Å². The normalized spacial score (nSPS) is 20.9. The van der Waals surface area contributed by atoms with Crippen LogP contribution in [0.1, 0.15) is 115 Å². The van der Waals surface area contributed by atoms with Gasteiger partial charge in [-0.1, -0.05) is 37.8 Å². The lowest BCUT2D eigenvalue weighted by Crippen LogP contribution is -2.52. The molecule has 2 bridgehead atoms. The van der Waals surface area contributed by atoms with Crippen molar-refractivity contribution in [3.8, 4) is 11.1 Å². The molecule has 0 radical (unpaired) electrons. The molecule has 2 fully saturated rings. The number of carboxylic acid groups (broad SMARTS) is 1. The van der Waals surface area contributed by atoms with E-state index in [9.17, 15) is 19.5 Å². The Kier molecular flexibility index (Phi) is 11.2. The third-order valence-electron chi connectivity index (χ3n) is 10.9. The average molecular weight is 687 g/mol. The number of hydrogen-bond acceptors (Lipinski definition) is 6. The van der Waals surface area contributed by atoms with Gasteiger partial charge in [-0.2, -0.15) is 4.98 Å². The monoisotopic (exact) mass is 686 g/mol. The molecule has 0 unspecified atom stereocenters. The van der Waals surface area contributed by atoms with Crippen LogP contribution in [-0.4, -0.2) is 64.3 Å². The molecule has 268 valence electrons. The van der Waals surface area contributed by atoms with E-state index in [-0.39, 0.29) is 11.7 Å². The molecular formula is C40H51FN4O5. The average Bonchev–Trinajstić information content (AvgIpc) is 3.89. The number of fused-ring (bicyclic) bond motifs is 4. The number of ether oxygens (including phenoxy) is 1. The summed E-state index contributed by atoms with van der Waals surface area (Å²) in [5, 5.41) is 12.9. The fourth-order valence-electron chi connectivity index (χ4n) is 7.80. The van der Waals surface area contributed by atoms with Gasteiger partial charge in [0.15, 0.2) is 0 Å². The van der Waals surface area contributed by atoms with Crippen LogP contribution in [0.15, 0.2) is 35.3 Å². The third kappa shape index (κ3) is 8.18. The van der Waals surface area contributed by atoms with Crippen LogP contribution in [0.3, 0.4) is 0 Å². The maximum absolute atomic E-state index is 16.1. The molecule has 2 aliphatic heterocycles. The van der Waals surface area contributed by atoms with E-state index in [1.807, 2.05) is 13.0 Å². The summed E-state index contributed by atoms with van der Waals surface area (Å²) in [5.41, 5.74) is 7.11. The van der Waals surface area contributed by atoms with Crippen molar-refractivity contribution in [2.45, 2.75) is 116 Å². The standard InChI is InChI=1S/C40H51FN4O5/c1-24-16-30(27-12-13-27)18-28-10-8-6-5-7-9-11-35(45-21-29(26(3)42-40(45)49)14-15-44-22-32(23-44)50-4)39(48)43-34(20-36(46)47)33-19-31(37(24)28)17-25(2)38(33)41/h16-19,21,27,32,34-35H,5-15,20,22-23H2,1-4H3,(H,43,48)(H,46,47)/t34-,35-/m0/s1. The molecule has 1 amide bonds. The predicted molar refractivity (Wildman–Crippen MR) is 191 cm³/mol. The lowest BCUT2D eigenvalue weighted by atomic mass is 9.86. The molecule has 3 aliphatic rings. The van der Waals surface area contributed by atoms with Crippen molar-refractivity contribution >= 4 is 11.9 Å². The summed E-state index contributed by atoms with van der Waals surface area (Å²) in [5.74, 6) is -1.61. The number of methoxy groups -OCH3 is 1. The van der Waals surface area contributed by atoms with Crippen molar-refractivity contribution in [2.75, 3.05) is 26.7 Å². The van der Waals surface area contributed by atoms with Gasteiger partial charge in [-0.15, -0.1) is 0 Å². The number of amides is 1. The number of aromatic nitrogens is 2. The zero-order chi connectivity index (χ0) is 35.5. The van der Waals surface area contributed by atoms with Crippen molar-refractivity contribution < 1.29 is 23.8 Å². The summed E-state index contributed by atoms with van der Waals surface area (Å²) in [6.45, 7) is 8.07. The van der Waals surface area contributed by atoms with Gasteiger partial charge >= 0.3 is 11.7 Å². The van der Waals surface area contributed by atoms with E-state index in [0.29, 0.717) is 36.4 Å². The molecule has 2 N–H and O–H groups in total. The molecule has 0 spiro atoms. The fourth-order valence-corrected chi connectivity index (χ4v) is 7.80. The lowest BCUT2D eigenvalue weighted by Gasteiger charge is -2.38. The molecular weight excluding hydrogens is 635 g/mol. The SMILES string of the molecule is COC1CN(CCc2cn([C@H]3CCCCCCCc4cc(C5CC5)cc(C)c4-c4cc(C)c(F)c(c4)[C@H](CC(=O)O)NC3=O)c(=O)nc2C)C1. The number of hydrogen-bond donors (Lipinski definition) is 2. The number of carboxylic acids is 1. The van der Waals surface area contributed by atoms with Gasteiger partial charge in [-0.05, 0) is 116 Å². The minimum atomic E-state index is -1.16. The van der Waals surface area contributed by atoms with E-state index in [2.05, 4.69) is 34.3 Å². The number of likely N-dealkylation sites (tertiary alicyclic amines) is 1. The van der Waals surface area contributed by atoms with E-state index < -0.39 is 41.9 Å². The summed E-state index contributed by atoms with van der Waals surface area (Å²) >= 11 is 0. The van der Waals surface area contributed by atoms with Crippen LogP contribution in [0.2, 0.25) is 0 Å². The van der Waals surface area contributed by atoms with Crippen LogP contribution in [0.5, 0.6) is 0 Å². The highest BCUT2D eigenvalue weighted by Gasteiger charge is 2.31. The summed E-state index contributed by atoms with van der Waals surface area (Å²) < 4.78 is 22.9. The van der Waals surface area contributed by atoms with Crippen molar-refractivity contribution in [1.82, 2.24) is 19.8 Å². The molecule has 10 heteroatoms. The Labute approximate surface area is 294 Å². The van der Waals surface area contributed by atoms with Gasteiger partial charge in [0.1, 0.15) is 11.9 Å². The molecule has 9 nitrogen and oxygen atoms in total. The largest absolute Gasteiger partial charge is 0.481 e. The molecule has 3 aromatic rings. The summed E-state index contributed by atoms with van der Waals surface area (Å²) in [6.07, 6.45) is 10.4. The van der Waals surface area contributed by atoms with E-state index in [0.717, 1.165) is 74.0 Å². The van der Waals surface area contributed by atoms with E-state index >= 15 is 4.39 Å². The van der Waals surface area contributed by atoms with Crippen LogP contribution in [0, 0.1) is 26.6 Å². The topological polar surface area (TPSA) is 114 Å². The van der Waals surface area contributed by atoms with Gasteiger partial charge in [-0.25, -0.2) is 9.18 Å². The first-order chi connectivity index (χ1) is 24.0. The molecule has 6 rings (SSSR count). The highest BCUT2D eigenvalue weighted by molar-refractivity contribution is 5.82. The van der Waals surface area contributed by atoms with Crippen molar-refractivity contribution in [3.05, 3.63) is 85.8 Å². The minimum absolute atomic E-state index is 0.136. The zero-order valence-electron chi connectivity index (χ0n) is 29.9. The number of rotatable bonds is 8. The molecule has 3 heterocycles. The molecule has 1 aliphatic carbocycles. The number of carbonyl (C=O) groups is 2. The highest BCUT2D eigenvalue weighted by atomic mass is 19.1. The maximum Gasteiger partial charge on any atom is 0.348 e. The molecule has 1 aromatic heterocycles. The smallest absolute Gasteiger partial charge is 0.348 e. The van der Waals surface area contributed by atoms with Crippen LogP contribution < -0.4 is 11.0 Å². The van der Waals surface area contributed by atoms with Crippen molar-refractivity contribution in [1.29, 1.82) is 0 Å². The number of nitrogens with one attached hydrogen (secondary N) is 1. The second-order valence-corrected chi connectivity index (χ2v) is 14.7. The number of halogens is 1. The molecule has 1 saturated heterocycles. The zero-order valence-corrected chi connectivity index (χ0v) is 29.9. The number of benzene rings is 2. The predicted octanol–water partition coefficient (Wildman–Crippen LogP) is 6.50. The molecule has 2 aromatic carbocycles. The number of carbonyl (C=O) groups excluding carboxylic acids is 1. The Morgan fingerprint density at radius 3 is 2.46 bits per heavy atom. The number of nitrogens with zero attached hydrogens (tertiary/aromatic N) is 3. The Balaban J connectivity index is 1.37. The van der Waals surface area contributed by atoms with Crippen molar-refractivity contribution in [2.24, 2.45) is 0 Å². The van der Waals surface area contributed by atoms with Gasteiger partial charge < -0.3 is 15.2 Å². The minimum Gasteiger partial charge on any atom is -0.481 e. The van der Waals surface area contributed by atoms with Crippen LogP contribution in [0.25, 0.3) is 11.1 Å². The first-order valence-electron chi connectivity index (χ1n) is 18.3. The maximum atomic E-state index is 16.1. The molecule has 1 saturated carbocycles. The Morgan fingerprint density at radius 2 is 1.74 bits per heavy atom. The lowest BCUT2D eigenvalue weighted by molar-refractivity contribution is -0.138. The van der Waals surface area contributed by atoms with Gasteiger partial charge in [0, 0.05) is 44.2 Å².